The first kappa shape index (κ1) is 38.1. The summed E-state index contributed by atoms with van der Waals surface area (Å²) in [6.07, 6.45) is 6.88. The molecule has 0 fully saturated rings. The molecule has 0 radical (unpaired) electrons. The van der Waals surface area contributed by atoms with Gasteiger partial charge in [0.05, 0.1) is 38.6 Å². The van der Waals surface area contributed by atoms with E-state index in [0.29, 0.717) is 36.3 Å². The van der Waals surface area contributed by atoms with Crippen molar-refractivity contribution >= 4 is 39.0 Å². The zero-order chi connectivity index (χ0) is 41.0. The Labute approximate surface area is 334 Å². The molecule has 290 valence electrons. The second-order valence-electron chi connectivity index (χ2n) is 15.1. The largest absolute Gasteiger partial charge is 0.269 e. The standard InChI is InChI=1S/C49H43N3O6/c1-6-33-22-31(23-34(7-2)28(33)5)21-32-24-35(8-3)45(36(9-4)25-32)52-48(57)41-26-39-40(27-42(41)49(52)58)47(56)51(46(39)55)38-16-12-30(13-17-38)20-29-10-14-37(15-11-29)50-43(53)18-19-44(50)54/h10-19,22-27H,6-9,20-21H2,1-5H3. The van der Waals surface area contributed by atoms with Gasteiger partial charge in [0, 0.05) is 12.2 Å². The number of aromatic nitrogens is 2. The van der Waals surface area contributed by atoms with Crippen molar-refractivity contribution in [2.45, 2.75) is 73.1 Å². The smallest absolute Gasteiger partial charge is 0.266 e. The third kappa shape index (κ3) is 6.36. The van der Waals surface area contributed by atoms with Crippen LogP contribution in [0.15, 0.2) is 116 Å². The fourth-order valence-electron chi connectivity index (χ4n) is 8.57. The molecule has 0 aliphatic carbocycles. The molecule has 9 heteroatoms. The zero-order valence-corrected chi connectivity index (χ0v) is 33.3. The molecule has 0 spiro atoms. The summed E-state index contributed by atoms with van der Waals surface area (Å²) >= 11 is 0. The molecule has 3 heterocycles. The lowest BCUT2D eigenvalue weighted by Crippen LogP contribution is -2.29. The van der Waals surface area contributed by atoms with Crippen LogP contribution in [0.1, 0.15) is 77.8 Å². The number of imide groups is 1. The molecule has 0 unspecified atom stereocenters. The minimum atomic E-state index is -0.563. The molecule has 9 nitrogen and oxygen atoms in total. The van der Waals surface area contributed by atoms with E-state index in [4.69, 9.17) is 0 Å². The monoisotopic (exact) mass is 769 g/mol. The van der Waals surface area contributed by atoms with Crippen molar-refractivity contribution in [3.8, 4) is 11.4 Å². The number of fused-ring (bicyclic) bond motifs is 2. The quantitative estimate of drug-likeness (QED) is 0.130. The molecule has 7 aromatic rings. The molecule has 0 N–H and O–H groups in total. The predicted molar refractivity (Wildman–Crippen MR) is 230 cm³/mol. The molecule has 0 bridgehead atoms. The lowest BCUT2D eigenvalue weighted by atomic mass is 9.91. The Morgan fingerprint density at radius 2 is 0.776 bits per heavy atom. The Morgan fingerprint density at radius 3 is 1.19 bits per heavy atom. The van der Waals surface area contributed by atoms with Gasteiger partial charge in [-0.2, -0.15) is 0 Å². The second kappa shape index (κ2) is 15.0. The van der Waals surface area contributed by atoms with Gasteiger partial charge < -0.3 is 0 Å². The second-order valence-corrected chi connectivity index (χ2v) is 15.1. The topological polar surface area (TPSA) is 116 Å². The van der Waals surface area contributed by atoms with Crippen LogP contribution in [-0.2, 0) is 48.1 Å². The number of hydrogen-bond donors (Lipinski definition) is 0. The summed E-state index contributed by atoms with van der Waals surface area (Å²) in [5.74, 6) is -0.762. The van der Waals surface area contributed by atoms with Crippen LogP contribution in [0.25, 0.3) is 32.9 Å². The Balaban J connectivity index is 1.11. The number of amides is 2. The van der Waals surface area contributed by atoms with E-state index >= 15 is 0 Å². The van der Waals surface area contributed by atoms with Crippen molar-refractivity contribution in [1.82, 2.24) is 9.13 Å². The lowest BCUT2D eigenvalue weighted by Gasteiger charge is -2.17. The van der Waals surface area contributed by atoms with Crippen LogP contribution in [0.2, 0.25) is 0 Å². The van der Waals surface area contributed by atoms with Gasteiger partial charge in [-0.1, -0.05) is 76.2 Å². The van der Waals surface area contributed by atoms with Crippen molar-refractivity contribution in [2.75, 3.05) is 4.90 Å². The first-order chi connectivity index (χ1) is 28.0. The summed E-state index contributed by atoms with van der Waals surface area (Å²) in [7, 11) is 0. The van der Waals surface area contributed by atoms with E-state index in [1.165, 1.54) is 51.1 Å². The number of anilines is 1. The summed E-state index contributed by atoms with van der Waals surface area (Å²) in [5.41, 5.74) is 9.32. The summed E-state index contributed by atoms with van der Waals surface area (Å²) < 4.78 is 2.31. The summed E-state index contributed by atoms with van der Waals surface area (Å²) in [5, 5.41) is 0.377. The van der Waals surface area contributed by atoms with E-state index in [-0.39, 0.29) is 33.4 Å². The third-order valence-electron chi connectivity index (χ3n) is 11.7. The van der Waals surface area contributed by atoms with Crippen molar-refractivity contribution in [3.63, 3.8) is 0 Å². The number of rotatable bonds is 11. The molecule has 5 aromatic carbocycles. The Morgan fingerprint density at radius 1 is 0.414 bits per heavy atom. The van der Waals surface area contributed by atoms with E-state index in [9.17, 15) is 28.8 Å². The molecule has 1 aliphatic heterocycles. The molecule has 0 saturated carbocycles. The summed E-state index contributed by atoms with van der Waals surface area (Å²) in [6.45, 7) is 10.6. The van der Waals surface area contributed by atoms with Gasteiger partial charge in [-0.25, -0.2) is 14.0 Å². The van der Waals surface area contributed by atoms with Crippen molar-refractivity contribution in [2.24, 2.45) is 0 Å². The van der Waals surface area contributed by atoms with Crippen LogP contribution >= 0.6 is 0 Å². The van der Waals surface area contributed by atoms with Gasteiger partial charge in [0.25, 0.3) is 34.1 Å². The number of hydrogen-bond acceptors (Lipinski definition) is 6. The Kier molecular flexibility index (Phi) is 9.85. The first-order valence-corrected chi connectivity index (χ1v) is 19.9. The summed E-state index contributed by atoms with van der Waals surface area (Å²) in [6, 6.07) is 25.7. The van der Waals surface area contributed by atoms with Crippen molar-refractivity contribution in [3.05, 3.63) is 189 Å². The van der Waals surface area contributed by atoms with Crippen molar-refractivity contribution < 1.29 is 9.59 Å². The van der Waals surface area contributed by atoms with Gasteiger partial charge >= 0.3 is 0 Å². The van der Waals surface area contributed by atoms with Crippen molar-refractivity contribution in [1.29, 1.82) is 0 Å². The average molecular weight is 770 g/mol. The van der Waals surface area contributed by atoms with Crippen LogP contribution in [0, 0.1) is 6.92 Å². The highest BCUT2D eigenvalue weighted by atomic mass is 16.2. The molecular weight excluding hydrogens is 727 g/mol. The number of benzene rings is 5. The fourth-order valence-corrected chi connectivity index (χ4v) is 8.57. The molecule has 0 saturated heterocycles. The average Bonchev–Trinajstić information content (AvgIpc) is 3.79. The molecular formula is C49H43N3O6. The third-order valence-corrected chi connectivity index (χ3v) is 11.7. The van der Waals surface area contributed by atoms with Crippen LogP contribution < -0.4 is 27.1 Å². The maximum atomic E-state index is 14.2. The predicted octanol–water partition coefficient (Wildman–Crippen LogP) is 7.06. The van der Waals surface area contributed by atoms with E-state index in [1.54, 1.807) is 24.3 Å². The normalized spacial score (nSPS) is 12.9. The highest BCUT2D eigenvalue weighted by Gasteiger charge is 2.26. The maximum Gasteiger partial charge on any atom is 0.266 e. The highest BCUT2D eigenvalue weighted by Crippen LogP contribution is 2.28. The highest BCUT2D eigenvalue weighted by molar-refractivity contribution is 6.28. The van der Waals surface area contributed by atoms with Gasteiger partial charge in [-0.3, -0.25) is 28.8 Å². The molecule has 2 aromatic heterocycles. The van der Waals surface area contributed by atoms with Crippen LogP contribution in [0.4, 0.5) is 5.69 Å². The Bertz CT molecular complexity index is 2920. The van der Waals surface area contributed by atoms with E-state index in [0.717, 1.165) is 56.5 Å². The van der Waals surface area contributed by atoms with Gasteiger partial charge in [0.2, 0.25) is 0 Å². The maximum absolute atomic E-state index is 14.2. The number of carbonyl (C=O) groups is 2. The number of nitrogens with zero attached hydrogens (tertiary/aromatic N) is 3. The van der Waals surface area contributed by atoms with E-state index in [1.807, 2.05) is 38.1 Å². The Hall–Kier alpha value is -6.74. The van der Waals surface area contributed by atoms with E-state index < -0.39 is 22.2 Å². The van der Waals surface area contributed by atoms with E-state index in [2.05, 4.69) is 45.0 Å². The van der Waals surface area contributed by atoms with Gasteiger partial charge in [0.15, 0.2) is 0 Å². The molecule has 8 rings (SSSR count). The van der Waals surface area contributed by atoms with Gasteiger partial charge in [0.1, 0.15) is 0 Å². The van der Waals surface area contributed by atoms with Gasteiger partial charge in [-0.15, -0.1) is 0 Å². The minimum absolute atomic E-state index is 0.0823. The number of aryl methyl sites for hydroxylation is 4. The van der Waals surface area contributed by atoms with Crippen LogP contribution in [-0.4, -0.2) is 20.9 Å². The fraction of sp³-hybridized carbons (Fsp3) is 0.224. The lowest BCUT2D eigenvalue weighted by molar-refractivity contribution is -0.119. The van der Waals surface area contributed by atoms with Crippen LogP contribution in [0.5, 0.6) is 0 Å². The minimum Gasteiger partial charge on any atom is -0.269 e. The van der Waals surface area contributed by atoms with Crippen LogP contribution in [0.3, 0.4) is 0 Å². The first-order valence-electron chi connectivity index (χ1n) is 19.9. The number of carbonyl (C=O) groups excluding carboxylic acids is 2. The SMILES string of the molecule is CCc1cc(Cc2cc(CC)c(-n3c(=O)c4cc5c(=O)n(-c6ccc(Cc7ccc(N8C(=O)C=CC8=O)cc7)cc6)c(=O)c5cc4c3=O)c(CC)c2)cc(CC)c1C. The molecule has 2 amide bonds. The zero-order valence-electron chi connectivity index (χ0n) is 33.3. The summed E-state index contributed by atoms with van der Waals surface area (Å²) in [4.78, 5) is 81.2. The molecule has 1 aliphatic rings. The molecule has 58 heavy (non-hydrogen) atoms. The van der Waals surface area contributed by atoms with Gasteiger partial charge in [-0.05, 0) is 132 Å². The molecule has 0 atom stereocenters.